The first-order valence-electron chi connectivity index (χ1n) is 13.9. The minimum Gasteiger partial charge on any atom is -0.381 e. The van der Waals surface area contributed by atoms with Gasteiger partial charge in [-0.1, -0.05) is 13.5 Å². The molecule has 39 heavy (non-hydrogen) atoms. The van der Waals surface area contributed by atoms with Crippen molar-refractivity contribution in [1.82, 2.24) is 24.8 Å². The molecular weight excluding hydrogens is 484 g/mol. The maximum Gasteiger partial charge on any atom is 0.253 e. The average Bonchev–Trinajstić information content (AvgIpc) is 3.36. The molecule has 7 nitrogen and oxygen atoms in total. The van der Waals surface area contributed by atoms with Crippen LogP contribution in [0.2, 0.25) is 0 Å². The van der Waals surface area contributed by atoms with Crippen LogP contribution < -0.4 is 15.8 Å². The number of likely N-dealkylation sites (N-methyl/N-ethyl adjacent to an activating group) is 1. The van der Waals surface area contributed by atoms with Crippen molar-refractivity contribution in [3.05, 3.63) is 88.1 Å². The van der Waals surface area contributed by atoms with Gasteiger partial charge in [0.05, 0.1) is 0 Å². The van der Waals surface area contributed by atoms with Gasteiger partial charge < -0.3 is 24.7 Å². The average molecular weight is 525 g/mol. The molecule has 0 bridgehead atoms. The Labute approximate surface area is 231 Å². The van der Waals surface area contributed by atoms with Gasteiger partial charge in [0.2, 0.25) is 0 Å². The second kappa shape index (κ2) is 11.1. The van der Waals surface area contributed by atoms with Crippen molar-refractivity contribution in [3.8, 4) is 11.1 Å². The molecule has 1 saturated heterocycles. The third-order valence-electron chi connectivity index (χ3n) is 7.85. The predicted octanol–water partition coefficient (Wildman–Crippen LogP) is 5.36. The Balaban J connectivity index is 1.48. The van der Waals surface area contributed by atoms with Gasteiger partial charge in [-0.05, 0) is 81.8 Å². The van der Waals surface area contributed by atoms with Gasteiger partial charge in [0.15, 0.2) is 0 Å². The Morgan fingerprint density at radius 2 is 1.87 bits per heavy atom. The molecule has 1 aliphatic rings. The van der Waals surface area contributed by atoms with Crippen molar-refractivity contribution in [2.24, 2.45) is 0 Å². The number of rotatable bonds is 8. The molecule has 3 aromatic heterocycles. The second-order valence-electron chi connectivity index (χ2n) is 10.9. The summed E-state index contributed by atoms with van der Waals surface area (Å²) in [6, 6.07) is 13.3. The number of nitrogens with zero attached hydrogens (tertiary/aromatic N) is 4. The standard InChI is InChI=1S/C32H40N6O/c1-7-24-16-22(4)35-32(39)29(24)20-33-23(5)28-17-26(18-30-27(28)10-11-38(30)21(2)3)25-8-9-31(34-19-25)37-14-12-36(6)13-15-37/h8-11,16-19,21,33H,5,7,12-15,20H2,1-4,6H3,(H,35,39). The van der Waals surface area contributed by atoms with Gasteiger partial charge in [-0.15, -0.1) is 0 Å². The highest BCUT2D eigenvalue weighted by Crippen LogP contribution is 2.33. The summed E-state index contributed by atoms with van der Waals surface area (Å²) in [4.78, 5) is 25.2. The summed E-state index contributed by atoms with van der Waals surface area (Å²) in [6.45, 7) is 17.3. The first-order chi connectivity index (χ1) is 18.7. The minimum atomic E-state index is -0.0384. The molecule has 0 amide bonds. The molecule has 204 valence electrons. The number of aromatic nitrogens is 3. The van der Waals surface area contributed by atoms with E-state index in [2.05, 4.69) is 102 Å². The monoisotopic (exact) mass is 524 g/mol. The molecule has 4 aromatic rings. The number of fused-ring (bicyclic) bond motifs is 1. The van der Waals surface area contributed by atoms with Gasteiger partial charge in [-0.25, -0.2) is 4.98 Å². The normalized spacial score (nSPS) is 14.4. The molecular formula is C32H40N6O. The summed E-state index contributed by atoms with van der Waals surface area (Å²) in [6.07, 6.45) is 4.93. The Kier molecular flexibility index (Phi) is 7.62. The number of nitrogens with one attached hydrogen (secondary N) is 2. The van der Waals surface area contributed by atoms with Crippen molar-refractivity contribution in [1.29, 1.82) is 0 Å². The highest BCUT2D eigenvalue weighted by atomic mass is 16.1. The van der Waals surface area contributed by atoms with Gasteiger partial charge in [0.25, 0.3) is 5.56 Å². The van der Waals surface area contributed by atoms with Gasteiger partial charge in [0.1, 0.15) is 5.82 Å². The van der Waals surface area contributed by atoms with Crippen molar-refractivity contribution < 1.29 is 0 Å². The number of aryl methyl sites for hydroxylation is 2. The molecule has 1 aromatic carbocycles. The summed E-state index contributed by atoms with van der Waals surface area (Å²) in [5.74, 6) is 1.03. The maximum atomic E-state index is 12.7. The predicted molar refractivity (Wildman–Crippen MR) is 162 cm³/mol. The largest absolute Gasteiger partial charge is 0.381 e. The molecule has 0 unspecified atom stereocenters. The molecule has 1 aliphatic heterocycles. The Bertz CT molecular complexity index is 1540. The zero-order chi connectivity index (χ0) is 27.7. The van der Waals surface area contributed by atoms with Crippen LogP contribution in [0.4, 0.5) is 5.82 Å². The highest BCUT2D eigenvalue weighted by Gasteiger charge is 2.17. The van der Waals surface area contributed by atoms with Gasteiger partial charge >= 0.3 is 0 Å². The molecule has 0 saturated carbocycles. The lowest BCUT2D eigenvalue weighted by Gasteiger charge is -2.33. The minimum absolute atomic E-state index is 0.0384. The third-order valence-corrected chi connectivity index (χ3v) is 7.85. The molecule has 0 atom stereocenters. The van der Waals surface area contributed by atoms with E-state index < -0.39 is 0 Å². The topological polar surface area (TPSA) is 69.2 Å². The number of aromatic amines is 1. The number of hydrogen-bond acceptors (Lipinski definition) is 5. The third kappa shape index (κ3) is 5.50. The van der Waals surface area contributed by atoms with Crippen molar-refractivity contribution in [2.75, 3.05) is 38.1 Å². The van der Waals surface area contributed by atoms with E-state index in [9.17, 15) is 4.79 Å². The van der Waals surface area contributed by atoms with E-state index in [1.54, 1.807) is 0 Å². The quantitative estimate of drug-likeness (QED) is 0.325. The number of anilines is 1. The molecule has 5 rings (SSSR count). The van der Waals surface area contributed by atoms with E-state index in [0.717, 1.165) is 88.5 Å². The van der Waals surface area contributed by atoms with Crippen LogP contribution in [0.15, 0.2) is 60.2 Å². The lowest BCUT2D eigenvalue weighted by Crippen LogP contribution is -2.44. The van der Waals surface area contributed by atoms with E-state index in [-0.39, 0.29) is 5.56 Å². The summed E-state index contributed by atoms with van der Waals surface area (Å²) < 4.78 is 2.29. The fourth-order valence-electron chi connectivity index (χ4n) is 5.49. The summed E-state index contributed by atoms with van der Waals surface area (Å²) in [5, 5.41) is 4.60. The number of piperazine rings is 1. The first kappa shape index (κ1) is 26.8. The lowest BCUT2D eigenvalue weighted by molar-refractivity contribution is 0.312. The van der Waals surface area contributed by atoms with Crippen LogP contribution in [-0.4, -0.2) is 52.7 Å². The van der Waals surface area contributed by atoms with E-state index >= 15 is 0 Å². The Morgan fingerprint density at radius 1 is 1.10 bits per heavy atom. The van der Waals surface area contributed by atoms with Crippen molar-refractivity contribution in [3.63, 3.8) is 0 Å². The number of benzene rings is 1. The SMILES string of the molecule is C=C(NCc1c(CC)cc(C)[nH]c1=O)c1cc(-c2ccc(N3CCN(C)CC3)nc2)cc2c1ccn2C(C)C. The smallest absolute Gasteiger partial charge is 0.253 e. The number of hydrogen-bond donors (Lipinski definition) is 2. The van der Waals surface area contributed by atoms with Crippen LogP contribution in [0.25, 0.3) is 27.7 Å². The van der Waals surface area contributed by atoms with Gasteiger partial charge in [-0.2, -0.15) is 0 Å². The summed E-state index contributed by atoms with van der Waals surface area (Å²) >= 11 is 0. The highest BCUT2D eigenvalue weighted by molar-refractivity contribution is 5.95. The maximum absolute atomic E-state index is 12.7. The van der Waals surface area contributed by atoms with Crippen LogP contribution in [0.3, 0.4) is 0 Å². The molecule has 0 radical (unpaired) electrons. The van der Waals surface area contributed by atoms with Crippen LogP contribution >= 0.6 is 0 Å². The van der Waals surface area contributed by atoms with Gasteiger partial charge in [0, 0.05) is 90.1 Å². The molecule has 0 spiro atoms. The molecule has 2 N–H and O–H groups in total. The number of H-pyrrole nitrogens is 1. The van der Waals surface area contributed by atoms with Gasteiger partial charge in [-0.3, -0.25) is 4.79 Å². The van der Waals surface area contributed by atoms with Crippen molar-refractivity contribution in [2.45, 2.75) is 46.7 Å². The fourth-order valence-corrected chi connectivity index (χ4v) is 5.49. The molecule has 0 aliphatic carbocycles. The van der Waals surface area contributed by atoms with Crippen LogP contribution in [0.5, 0.6) is 0 Å². The van der Waals surface area contributed by atoms with Crippen molar-refractivity contribution >= 4 is 22.4 Å². The molecule has 7 heteroatoms. The van der Waals surface area contributed by atoms with E-state index in [0.29, 0.717) is 12.6 Å². The van der Waals surface area contributed by atoms with E-state index in [1.165, 1.54) is 0 Å². The zero-order valence-corrected chi connectivity index (χ0v) is 23.8. The molecule has 4 heterocycles. The molecule has 1 fully saturated rings. The van der Waals surface area contributed by atoms with E-state index in [1.807, 2.05) is 13.1 Å². The Morgan fingerprint density at radius 3 is 2.54 bits per heavy atom. The fraction of sp³-hybridized carbons (Fsp3) is 0.375. The Hall–Kier alpha value is -3.84. The lowest BCUT2D eigenvalue weighted by atomic mass is 9.99. The van der Waals surface area contributed by atoms with Crippen LogP contribution in [-0.2, 0) is 13.0 Å². The summed E-state index contributed by atoms with van der Waals surface area (Å²) in [5.41, 5.74) is 7.84. The first-order valence-corrected chi connectivity index (χ1v) is 13.9. The number of pyridine rings is 2. The van der Waals surface area contributed by atoms with E-state index in [4.69, 9.17) is 4.98 Å². The second-order valence-corrected chi connectivity index (χ2v) is 10.9. The zero-order valence-electron chi connectivity index (χ0n) is 23.8. The van der Waals surface area contributed by atoms with Crippen LogP contribution in [0, 0.1) is 6.92 Å². The van der Waals surface area contributed by atoms with Crippen LogP contribution in [0.1, 0.15) is 49.2 Å². The summed E-state index contributed by atoms with van der Waals surface area (Å²) in [7, 11) is 2.17.